The topological polar surface area (TPSA) is 49.3 Å². The van der Waals surface area contributed by atoms with Crippen molar-refractivity contribution in [2.45, 2.75) is 18.0 Å². The number of hydrogen-bond acceptors (Lipinski definition) is 3. The van der Waals surface area contributed by atoms with Gasteiger partial charge < -0.3 is 0 Å². The number of carbonyl (C=O) groups excluding carboxylic acids is 1. The maximum atomic E-state index is 14.3. The first-order valence-corrected chi connectivity index (χ1v) is 9.97. The van der Waals surface area contributed by atoms with E-state index in [1.165, 1.54) is 29.0 Å². The van der Waals surface area contributed by atoms with E-state index in [-0.39, 0.29) is 17.2 Å². The molecule has 0 bridgehead atoms. The van der Waals surface area contributed by atoms with Crippen LogP contribution in [0.4, 0.5) is 36.4 Å². The molecule has 0 radical (unpaired) electrons. The van der Waals surface area contributed by atoms with Gasteiger partial charge in [0.2, 0.25) is 0 Å². The molecule has 0 saturated carbocycles. The Morgan fingerprint density at radius 2 is 1.54 bits per heavy atom. The molecule has 0 aliphatic heterocycles. The fourth-order valence-corrected chi connectivity index (χ4v) is 3.07. The Labute approximate surface area is 160 Å². The number of anilines is 1. The maximum absolute atomic E-state index is 14.3. The van der Waals surface area contributed by atoms with Crippen molar-refractivity contribution >= 4 is 14.8 Å². The van der Waals surface area contributed by atoms with Gasteiger partial charge in [-0.05, 0) is 0 Å². The average molecular weight is 583 g/mol. The summed E-state index contributed by atoms with van der Waals surface area (Å²) in [6.07, 6.45) is -12.2. The molecule has 0 aliphatic rings. The van der Waals surface area contributed by atoms with Gasteiger partial charge in [-0.15, -0.1) is 0 Å². The molecule has 0 aromatic heterocycles. The van der Waals surface area contributed by atoms with Crippen LogP contribution in [0.15, 0.2) is 42.5 Å². The summed E-state index contributed by atoms with van der Waals surface area (Å²) in [6.45, 7) is 0. The van der Waals surface area contributed by atoms with E-state index in [4.69, 9.17) is 0 Å². The average Bonchev–Trinajstić information content (AvgIpc) is 2.60. The van der Waals surface area contributed by atoms with Gasteiger partial charge in [-0.2, -0.15) is 26.3 Å². The Morgan fingerprint density at radius 3 is 2.00 bits per heavy atom. The molecule has 0 unspecified atom stereocenters. The third kappa shape index (κ3) is 4.27. The number of halogens is 7. The molecule has 2 rings (SSSR count). The second kappa shape index (κ2) is 8.04. The van der Waals surface area contributed by atoms with Gasteiger partial charge in [0.05, 0.1) is 0 Å². The molecule has 0 atom stereocenters. The molecule has 11 heteroatoms. The number of benzene rings is 2. The van der Waals surface area contributed by atoms with Crippen LogP contribution in [0.3, 0.4) is 0 Å². The van der Waals surface area contributed by atoms with Gasteiger partial charge in [0.15, 0.2) is 0 Å². The molecule has 0 heterocycles. The minimum atomic E-state index is -6.09. The standard InChI is InChI=1S/C16H10F7NO.CO.Os/c1-24-11-5-2-9(3-6-11)12-7-4-10(8-13(12)17)14(25,15(18,19)20)16(21,22)23;1-2;/h1-8,24-25H;;. The predicted octanol–water partition coefficient (Wildman–Crippen LogP) is 4.13. The monoisotopic (exact) mass is 585 g/mol. The Bertz CT molecular complexity index is 927. The fourth-order valence-electron chi connectivity index (χ4n) is 2.31. The zero-order chi connectivity index (χ0) is 21.2. The molecule has 28 heavy (non-hydrogen) atoms. The predicted molar refractivity (Wildman–Crippen MR) is 83.2 cm³/mol. The van der Waals surface area contributed by atoms with Crippen molar-refractivity contribution in [3.05, 3.63) is 53.8 Å². The van der Waals surface area contributed by atoms with Crippen LogP contribution in [0.1, 0.15) is 5.56 Å². The molecular weight excluding hydrogens is 573 g/mol. The van der Waals surface area contributed by atoms with Crippen LogP contribution in [0.25, 0.3) is 11.1 Å². The number of rotatable bonds is 4. The number of aliphatic hydroxyl groups is 1. The van der Waals surface area contributed by atoms with Crippen LogP contribution in [0.5, 0.6) is 0 Å². The van der Waals surface area contributed by atoms with Crippen LogP contribution in [0, 0.1) is 5.82 Å². The minimum absolute atomic E-state index is 0.0156. The van der Waals surface area contributed by atoms with Gasteiger partial charge in [0.25, 0.3) is 0 Å². The summed E-state index contributed by atoms with van der Waals surface area (Å²) in [5.41, 5.74) is -6.37. The summed E-state index contributed by atoms with van der Waals surface area (Å²) >= 11 is -1.14. The van der Waals surface area contributed by atoms with E-state index in [2.05, 4.69) is 5.32 Å². The van der Waals surface area contributed by atoms with Crippen molar-refractivity contribution in [2.75, 3.05) is 5.32 Å². The number of alkyl halides is 6. The third-order valence-electron chi connectivity index (χ3n) is 3.71. The Kier molecular flexibility index (Phi) is 6.34. The second-order valence-electron chi connectivity index (χ2n) is 5.40. The van der Waals surface area contributed by atoms with Crippen molar-refractivity contribution < 1.29 is 57.1 Å². The van der Waals surface area contributed by atoms with Crippen LogP contribution in [-0.4, -0.2) is 26.6 Å². The first-order valence-electron chi connectivity index (χ1n) is 7.23. The van der Waals surface area contributed by atoms with Gasteiger partial charge in [-0.3, -0.25) is 0 Å². The SMILES string of the molecule is O=[C]=[Os]=[CH]Nc1ccc(-c2ccc(C(O)(C(F)(F)F)C(F)(F)F)cc2F)cc1. The van der Waals surface area contributed by atoms with E-state index in [0.717, 1.165) is 6.07 Å². The summed E-state index contributed by atoms with van der Waals surface area (Å²) in [5.74, 6) is -1.36. The Morgan fingerprint density at radius 1 is 0.964 bits per heavy atom. The molecule has 0 fully saturated rings. The quantitative estimate of drug-likeness (QED) is 0.533. The first-order chi connectivity index (χ1) is 12.9. The fraction of sp³-hybridized carbons (Fsp3) is 0.176. The Hall–Kier alpha value is -2.20. The molecule has 2 aromatic rings. The van der Waals surface area contributed by atoms with E-state index in [1.807, 2.05) is 0 Å². The summed E-state index contributed by atoms with van der Waals surface area (Å²) in [4.78, 5) is 10.2. The van der Waals surface area contributed by atoms with Gasteiger partial charge in [0, 0.05) is 0 Å². The Balaban J connectivity index is 2.44. The van der Waals surface area contributed by atoms with E-state index >= 15 is 0 Å². The number of hydrogen-bond donors (Lipinski definition) is 2. The van der Waals surface area contributed by atoms with E-state index in [9.17, 15) is 40.6 Å². The van der Waals surface area contributed by atoms with Gasteiger partial charge in [-0.25, -0.2) is 0 Å². The van der Waals surface area contributed by atoms with Gasteiger partial charge in [-0.1, -0.05) is 0 Å². The van der Waals surface area contributed by atoms with E-state index < -0.39 is 45.8 Å². The summed E-state index contributed by atoms with van der Waals surface area (Å²) < 4.78 is 94.9. The van der Waals surface area contributed by atoms with E-state index in [0.29, 0.717) is 11.8 Å². The normalized spacial score (nSPS) is 12.4. The molecule has 0 saturated heterocycles. The molecule has 2 N–H and O–H groups in total. The molecule has 0 spiro atoms. The molecule has 152 valence electrons. The second-order valence-corrected chi connectivity index (χ2v) is 7.38. The van der Waals surface area contributed by atoms with Crippen LogP contribution in [-0.2, 0) is 26.9 Å². The summed E-state index contributed by atoms with van der Waals surface area (Å²) in [7, 11) is 0. The zero-order valence-electron chi connectivity index (χ0n) is 13.5. The van der Waals surface area contributed by atoms with Crippen LogP contribution < -0.4 is 5.32 Å². The molecule has 2 aromatic carbocycles. The first kappa shape index (κ1) is 22.1. The summed E-state index contributed by atoms with van der Waals surface area (Å²) in [5, 5.41) is 12.1. The third-order valence-corrected chi connectivity index (χ3v) is 4.75. The molecule has 0 aliphatic carbocycles. The van der Waals surface area contributed by atoms with Crippen LogP contribution >= 0.6 is 0 Å². The van der Waals surface area contributed by atoms with Gasteiger partial charge >= 0.3 is 134 Å². The van der Waals surface area contributed by atoms with Crippen molar-refractivity contribution in [3.63, 3.8) is 0 Å². The van der Waals surface area contributed by atoms with Crippen molar-refractivity contribution in [1.82, 2.24) is 0 Å². The van der Waals surface area contributed by atoms with Crippen molar-refractivity contribution in [3.8, 4) is 11.1 Å². The number of nitrogens with one attached hydrogen (secondary N) is 1. The molecule has 0 amide bonds. The molecular formula is C17H10F7NO2Os. The summed E-state index contributed by atoms with van der Waals surface area (Å²) in [6, 6.07) is 6.88. The zero-order valence-corrected chi connectivity index (χ0v) is 16.0. The van der Waals surface area contributed by atoms with E-state index in [1.54, 1.807) is 4.43 Å². The van der Waals surface area contributed by atoms with Crippen molar-refractivity contribution in [1.29, 1.82) is 0 Å². The van der Waals surface area contributed by atoms with Gasteiger partial charge in [0.1, 0.15) is 0 Å². The molecule has 3 nitrogen and oxygen atoms in total. The van der Waals surface area contributed by atoms with Crippen molar-refractivity contribution in [2.24, 2.45) is 0 Å². The van der Waals surface area contributed by atoms with Crippen LogP contribution in [0.2, 0.25) is 0 Å².